The first kappa shape index (κ1) is 16.7. The molecule has 1 atom stereocenters. The van der Waals surface area contributed by atoms with Gasteiger partial charge in [0.15, 0.2) is 0 Å². The number of hydroxylamine groups is 1. The molecule has 1 unspecified atom stereocenters. The predicted molar refractivity (Wildman–Crippen MR) is 88.9 cm³/mol. The number of hydrogen-bond donors (Lipinski definition) is 1. The van der Waals surface area contributed by atoms with Gasteiger partial charge in [-0.3, -0.25) is 14.6 Å². The molecule has 3 rings (SSSR count). The van der Waals surface area contributed by atoms with Gasteiger partial charge in [-0.2, -0.15) is 0 Å². The Morgan fingerprint density at radius 2 is 2.00 bits per heavy atom. The summed E-state index contributed by atoms with van der Waals surface area (Å²) in [6, 6.07) is 14.6. The van der Waals surface area contributed by atoms with Gasteiger partial charge in [-0.15, -0.1) is 5.10 Å². The van der Waals surface area contributed by atoms with Crippen LogP contribution in [0.15, 0.2) is 54.7 Å². The second-order valence-electron chi connectivity index (χ2n) is 5.45. The van der Waals surface area contributed by atoms with Crippen molar-refractivity contribution < 1.29 is 9.63 Å². The molecule has 1 aromatic carbocycles. The summed E-state index contributed by atoms with van der Waals surface area (Å²) in [6.45, 7) is 1.93. The molecule has 0 saturated heterocycles. The maximum atomic E-state index is 12.6. The van der Waals surface area contributed by atoms with Gasteiger partial charge in [-0.1, -0.05) is 36.4 Å². The Morgan fingerprint density at radius 1 is 1.20 bits per heavy atom. The fourth-order valence-corrected chi connectivity index (χ4v) is 2.39. The first-order chi connectivity index (χ1) is 12.2. The zero-order chi connectivity index (χ0) is 17.5. The molecular formula is C17H18N6O2. The standard InChI is InChI=1S/C17H18N6O2/c1-13-19-21-22-23(13)16(11-14-7-3-2-4-8-14)17(24)20-25-12-15-9-5-6-10-18-15/h2-10,16H,11-12H2,1H3,(H,20,24). The minimum atomic E-state index is -0.610. The Balaban J connectivity index is 1.68. The van der Waals surface area contributed by atoms with E-state index in [1.165, 1.54) is 4.68 Å². The lowest BCUT2D eigenvalue weighted by Gasteiger charge is -2.17. The number of nitrogens with zero attached hydrogens (tertiary/aromatic N) is 5. The summed E-state index contributed by atoms with van der Waals surface area (Å²) in [7, 11) is 0. The highest BCUT2D eigenvalue weighted by Gasteiger charge is 2.24. The number of aryl methyl sites for hydroxylation is 1. The van der Waals surface area contributed by atoms with Gasteiger partial charge in [0.25, 0.3) is 5.91 Å². The van der Waals surface area contributed by atoms with E-state index in [1.807, 2.05) is 48.5 Å². The highest BCUT2D eigenvalue weighted by molar-refractivity contribution is 5.79. The van der Waals surface area contributed by atoms with Crippen LogP contribution in [-0.4, -0.2) is 31.1 Å². The van der Waals surface area contributed by atoms with Crippen LogP contribution in [0, 0.1) is 6.92 Å². The summed E-state index contributed by atoms with van der Waals surface area (Å²) in [5, 5.41) is 11.4. The first-order valence-electron chi connectivity index (χ1n) is 7.84. The maximum Gasteiger partial charge on any atom is 0.268 e. The van der Waals surface area contributed by atoms with Crippen molar-refractivity contribution in [1.82, 2.24) is 30.7 Å². The van der Waals surface area contributed by atoms with Crippen molar-refractivity contribution in [3.63, 3.8) is 0 Å². The molecule has 1 amide bonds. The van der Waals surface area contributed by atoms with Gasteiger partial charge in [0.1, 0.15) is 18.5 Å². The average molecular weight is 338 g/mol. The monoisotopic (exact) mass is 338 g/mol. The number of tetrazole rings is 1. The first-order valence-corrected chi connectivity index (χ1v) is 7.84. The lowest BCUT2D eigenvalue weighted by atomic mass is 10.1. The third kappa shape index (κ3) is 4.45. The van der Waals surface area contributed by atoms with E-state index in [-0.39, 0.29) is 12.5 Å². The zero-order valence-electron chi connectivity index (χ0n) is 13.7. The number of aromatic nitrogens is 5. The number of carbonyl (C=O) groups is 1. The second kappa shape index (κ2) is 8.11. The van der Waals surface area contributed by atoms with Crippen LogP contribution in [0.1, 0.15) is 23.1 Å². The smallest absolute Gasteiger partial charge is 0.268 e. The second-order valence-corrected chi connectivity index (χ2v) is 5.45. The van der Waals surface area contributed by atoms with Crippen LogP contribution >= 0.6 is 0 Å². The summed E-state index contributed by atoms with van der Waals surface area (Å²) < 4.78 is 1.49. The van der Waals surface area contributed by atoms with Crippen LogP contribution in [0.2, 0.25) is 0 Å². The summed E-state index contributed by atoms with van der Waals surface area (Å²) >= 11 is 0. The SMILES string of the molecule is Cc1nnnn1C(Cc1ccccc1)C(=O)NOCc1ccccn1. The Hall–Kier alpha value is -3.13. The minimum absolute atomic E-state index is 0.180. The topological polar surface area (TPSA) is 94.8 Å². The molecule has 0 spiro atoms. The number of amides is 1. The Kier molecular flexibility index (Phi) is 5.43. The molecule has 2 aromatic heterocycles. The summed E-state index contributed by atoms with van der Waals surface area (Å²) in [5.41, 5.74) is 4.20. The maximum absolute atomic E-state index is 12.6. The number of pyridine rings is 1. The Labute approximate surface area is 144 Å². The van der Waals surface area contributed by atoms with Gasteiger partial charge >= 0.3 is 0 Å². The molecule has 2 heterocycles. The largest absolute Gasteiger partial charge is 0.270 e. The van der Waals surface area contributed by atoms with Gasteiger partial charge in [0, 0.05) is 12.6 Å². The number of benzene rings is 1. The van der Waals surface area contributed by atoms with Crippen molar-refractivity contribution in [3.8, 4) is 0 Å². The van der Waals surface area contributed by atoms with Crippen LogP contribution in [0.5, 0.6) is 0 Å². The molecule has 8 nitrogen and oxygen atoms in total. The molecule has 1 N–H and O–H groups in total. The third-order valence-electron chi connectivity index (χ3n) is 3.65. The number of rotatable bonds is 7. The van der Waals surface area contributed by atoms with E-state index < -0.39 is 6.04 Å². The van der Waals surface area contributed by atoms with Crippen molar-refractivity contribution in [3.05, 3.63) is 71.8 Å². The van der Waals surface area contributed by atoms with Crippen molar-refractivity contribution >= 4 is 5.91 Å². The van der Waals surface area contributed by atoms with Gasteiger partial charge in [-0.25, -0.2) is 10.2 Å². The minimum Gasteiger partial charge on any atom is -0.270 e. The number of nitrogens with one attached hydrogen (secondary N) is 1. The van der Waals surface area contributed by atoms with Crippen LogP contribution < -0.4 is 5.48 Å². The fourth-order valence-electron chi connectivity index (χ4n) is 2.39. The van der Waals surface area contributed by atoms with E-state index in [1.54, 1.807) is 13.1 Å². The van der Waals surface area contributed by atoms with E-state index in [4.69, 9.17) is 4.84 Å². The summed E-state index contributed by atoms with van der Waals surface area (Å²) in [6.07, 6.45) is 2.12. The molecule has 0 bridgehead atoms. The number of hydrogen-bond acceptors (Lipinski definition) is 6. The van der Waals surface area contributed by atoms with E-state index in [9.17, 15) is 4.79 Å². The fraction of sp³-hybridized carbons (Fsp3) is 0.235. The molecule has 8 heteroatoms. The highest BCUT2D eigenvalue weighted by Crippen LogP contribution is 2.15. The normalized spacial score (nSPS) is 11.9. The van der Waals surface area contributed by atoms with Crippen molar-refractivity contribution in [1.29, 1.82) is 0 Å². The zero-order valence-corrected chi connectivity index (χ0v) is 13.7. The van der Waals surface area contributed by atoms with Gasteiger partial charge in [0.05, 0.1) is 5.69 Å². The molecule has 0 aliphatic heterocycles. The van der Waals surface area contributed by atoms with Crippen molar-refractivity contribution in [2.24, 2.45) is 0 Å². The average Bonchev–Trinajstić information content (AvgIpc) is 3.07. The molecule has 128 valence electrons. The summed E-state index contributed by atoms with van der Waals surface area (Å²) in [4.78, 5) is 22.0. The Bertz CT molecular complexity index is 806. The van der Waals surface area contributed by atoms with Crippen LogP contribution in [0.3, 0.4) is 0 Å². The highest BCUT2D eigenvalue weighted by atomic mass is 16.7. The molecule has 0 aliphatic rings. The van der Waals surface area contributed by atoms with Gasteiger partial charge < -0.3 is 0 Å². The molecule has 0 aliphatic carbocycles. The third-order valence-corrected chi connectivity index (χ3v) is 3.65. The molecule has 0 saturated carbocycles. The van der Waals surface area contributed by atoms with Gasteiger partial charge in [-0.05, 0) is 35.0 Å². The van der Waals surface area contributed by atoms with E-state index in [0.29, 0.717) is 12.2 Å². The quantitative estimate of drug-likeness (QED) is 0.655. The lowest BCUT2D eigenvalue weighted by Crippen LogP contribution is -2.35. The predicted octanol–water partition coefficient (Wildman–Crippen LogP) is 1.41. The molecule has 0 fully saturated rings. The molecule has 3 aromatic rings. The van der Waals surface area contributed by atoms with Crippen LogP contribution in [0.4, 0.5) is 0 Å². The van der Waals surface area contributed by atoms with Crippen LogP contribution in [-0.2, 0) is 22.7 Å². The molecular weight excluding hydrogens is 320 g/mol. The van der Waals surface area contributed by atoms with E-state index in [0.717, 1.165) is 11.3 Å². The summed E-state index contributed by atoms with van der Waals surface area (Å²) in [5.74, 6) is 0.232. The van der Waals surface area contributed by atoms with E-state index in [2.05, 4.69) is 26.0 Å². The molecule has 0 radical (unpaired) electrons. The molecule has 25 heavy (non-hydrogen) atoms. The van der Waals surface area contributed by atoms with Crippen molar-refractivity contribution in [2.75, 3.05) is 0 Å². The lowest BCUT2D eigenvalue weighted by molar-refractivity contribution is -0.138. The van der Waals surface area contributed by atoms with Crippen molar-refractivity contribution in [2.45, 2.75) is 26.0 Å². The Morgan fingerprint density at radius 3 is 2.68 bits per heavy atom. The van der Waals surface area contributed by atoms with Crippen LogP contribution in [0.25, 0.3) is 0 Å². The van der Waals surface area contributed by atoms with E-state index >= 15 is 0 Å². The number of carbonyl (C=O) groups excluding carboxylic acids is 1. The van der Waals surface area contributed by atoms with Gasteiger partial charge in [0.2, 0.25) is 0 Å².